The third-order valence-corrected chi connectivity index (χ3v) is 3.20. The van der Waals surface area contributed by atoms with E-state index in [4.69, 9.17) is 5.11 Å². The van der Waals surface area contributed by atoms with Crippen molar-refractivity contribution in [3.05, 3.63) is 0 Å². The molecule has 0 aliphatic carbocycles. The number of rotatable bonds is 4. The first-order valence-electron chi connectivity index (χ1n) is 4.83. The zero-order chi connectivity index (χ0) is 12.3. The van der Waals surface area contributed by atoms with Gasteiger partial charge in [0.15, 0.2) is 0 Å². The first-order chi connectivity index (χ1) is 7.41. The van der Waals surface area contributed by atoms with Gasteiger partial charge in [0.2, 0.25) is 5.91 Å². The zero-order valence-corrected chi connectivity index (χ0v) is 9.91. The van der Waals surface area contributed by atoms with Crippen molar-refractivity contribution in [1.29, 1.82) is 0 Å². The highest BCUT2D eigenvalue weighted by Gasteiger charge is 2.31. The Morgan fingerprint density at radius 3 is 2.75 bits per heavy atom. The molecule has 7 heteroatoms. The Bertz CT molecular complexity index is 321. The van der Waals surface area contributed by atoms with Crippen LogP contribution in [-0.4, -0.2) is 52.5 Å². The number of thioether (sulfide) groups is 1. The second-order valence-electron chi connectivity index (χ2n) is 3.75. The molecule has 1 aliphatic rings. The first kappa shape index (κ1) is 12.8. The summed E-state index contributed by atoms with van der Waals surface area (Å²) in [5, 5.41) is 11.0. The summed E-state index contributed by atoms with van der Waals surface area (Å²) >= 11 is 1.06. The fourth-order valence-corrected chi connectivity index (χ4v) is 2.13. The van der Waals surface area contributed by atoms with Crippen LogP contribution in [0.2, 0.25) is 0 Å². The maximum Gasteiger partial charge on any atom is 0.308 e. The molecule has 2 N–H and O–H groups in total. The highest BCUT2D eigenvalue weighted by atomic mass is 32.2. The number of nitrogens with one attached hydrogen (secondary N) is 1. The standard InChI is InChI=1S/C9H14N2O4S/c1-5(8(13)14)3-11(2)7(12)6-4-16-9(15)10-6/h5-6H,3-4H2,1-2H3,(H,10,15)(H,13,14)/t5?,6-/m0/s1. The lowest BCUT2D eigenvalue weighted by Gasteiger charge is -2.22. The van der Waals surface area contributed by atoms with E-state index in [1.807, 2.05) is 0 Å². The summed E-state index contributed by atoms with van der Waals surface area (Å²) in [6.07, 6.45) is 0. The molecule has 0 bridgehead atoms. The van der Waals surface area contributed by atoms with Crippen LogP contribution in [0.15, 0.2) is 0 Å². The molecule has 1 heterocycles. The van der Waals surface area contributed by atoms with Gasteiger partial charge in [0, 0.05) is 19.3 Å². The summed E-state index contributed by atoms with van der Waals surface area (Å²) in [5.74, 6) is -1.39. The number of carboxylic acids is 1. The molecule has 1 aliphatic heterocycles. The number of carbonyl (C=O) groups excluding carboxylic acids is 2. The molecule has 2 amide bonds. The van der Waals surface area contributed by atoms with Crippen LogP contribution in [-0.2, 0) is 9.59 Å². The van der Waals surface area contributed by atoms with Crippen LogP contribution >= 0.6 is 11.8 Å². The van der Waals surface area contributed by atoms with E-state index >= 15 is 0 Å². The van der Waals surface area contributed by atoms with E-state index in [-0.39, 0.29) is 17.7 Å². The van der Waals surface area contributed by atoms with E-state index in [1.165, 1.54) is 18.9 Å². The van der Waals surface area contributed by atoms with E-state index in [0.29, 0.717) is 5.75 Å². The SMILES string of the molecule is CC(CN(C)C(=O)[C@@H]1CSC(=O)N1)C(=O)O. The largest absolute Gasteiger partial charge is 0.481 e. The van der Waals surface area contributed by atoms with Crippen LogP contribution < -0.4 is 5.32 Å². The van der Waals surface area contributed by atoms with E-state index in [1.54, 1.807) is 0 Å². The van der Waals surface area contributed by atoms with E-state index in [0.717, 1.165) is 11.8 Å². The minimum atomic E-state index is -0.940. The number of likely N-dealkylation sites (N-methyl/N-ethyl adjacent to an activating group) is 1. The summed E-state index contributed by atoms with van der Waals surface area (Å²) in [6, 6.07) is -0.525. The van der Waals surface area contributed by atoms with Gasteiger partial charge in [-0.3, -0.25) is 14.4 Å². The molecule has 16 heavy (non-hydrogen) atoms. The molecule has 0 aromatic carbocycles. The van der Waals surface area contributed by atoms with Gasteiger partial charge in [-0.15, -0.1) is 0 Å². The van der Waals surface area contributed by atoms with Crippen molar-refractivity contribution >= 4 is 28.9 Å². The molecule has 90 valence electrons. The number of hydrogen-bond donors (Lipinski definition) is 2. The Hall–Kier alpha value is -1.24. The highest BCUT2D eigenvalue weighted by Crippen LogP contribution is 2.14. The molecule has 0 aromatic heterocycles. The van der Waals surface area contributed by atoms with Gasteiger partial charge in [0.05, 0.1) is 5.92 Å². The number of amides is 2. The van der Waals surface area contributed by atoms with Crippen molar-refractivity contribution in [2.45, 2.75) is 13.0 Å². The average molecular weight is 246 g/mol. The fraction of sp³-hybridized carbons (Fsp3) is 0.667. The van der Waals surface area contributed by atoms with Crippen molar-refractivity contribution in [2.75, 3.05) is 19.3 Å². The van der Waals surface area contributed by atoms with Crippen molar-refractivity contribution in [1.82, 2.24) is 10.2 Å². The normalized spacial score (nSPS) is 21.4. The van der Waals surface area contributed by atoms with Crippen molar-refractivity contribution in [3.8, 4) is 0 Å². The Labute approximate surface area is 97.4 Å². The molecule has 1 unspecified atom stereocenters. The lowest BCUT2D eigenvalue weighted by Crippen LogP contribution is -2.45. The Morgan fingerprint density at radius 2 is 2.31 bits per heavy atom. The van der Waals surface area contributed by atoms with Crippen LogP contribution in [0.4, 0.5) is 4.79 Å². The quantitative estimate of drug-likeness (QED) is 0.728. The predicted octanol–water partition coefficient (Wildman–Crippen LogP) is -0.00950. The number of aliphatic carboxylic acids is 1. The first-order valence-corrected chi connectivity index (χ1v) is 5.81. The lowest BCUT2D eigenvalue weighted by atomic mass is 10.1. The molecule has 0 saturated carbocycles. The zero-order valence-electron chi connectivity index (χ0n) is 9.10. The maximum atomic E-state index is 11.8. The van der Waals surface area contributed by atoms with Crippen LogP contribution in [0.5, 0.6) is 0 Å². The number of carbonyl (C=O) groups is 3. The third kappa shape index (κ3) is 3.13. The van der Waals surface area contributed by atoms with E-state index in [9.17, 15) is 14.4 Å². The average Bonchev–Trinajstić information content (AvgIpc) is 2.63. The molecule has 0 spiro atoms. The number of carboxylic acid groups (broad SMARTS) is 1. The summed E-state index contributed by atoms with van der Waals surface area (Å²) in [6.45, 7) is 1.68. The van der Waals surface area contributed by atoms with Gasteiger partial charge in [0.25, 0.3) is 5.24 Å². The number of hydrogen-bond acceptors (Lipinski definition) is 4. The van der Waals surface area contributed by atoms with Gasteiger partial charge < -0.3 is 15.3 Å². The molecule has 2 atom stereocenters. The van der Waals surface area contributed by atoms with Gasteiger partial charge in [0.1, 0.15) is 6.04 Å². The fourth-order valence-electron chi connectivity index (χ4n) is 1.36. The second kappa shape index (κ2) is 5.20. The third-order valence-electron chi connectivity index (χ3n) is 2.32. The van der Waals surface area contributed by atoms with E-state index < -0.39 is 17.9 Å². The smallest absolute Gasteiger partial charge is 0.308 e. The summed E-state index contributed by atoms with van der Waals surface area (Å²) in [5.41, 5.74) is 0. The highest BCUT2D eigenvalue weighted by molar-refractivity contribution is 8.14. The summed E-state index contributed by atoms with van der Waals surface area (Å²) < 4.78 is 0. The van der Waals surface area contributed by atoms with Gasteiger partial charge in [-0.05, 0) is 0 Å². The molecule has 1 rings (SSSR count). The molecular formula is C9H14N2O4S. The van der Waals surface area contributed by atoms with Gasteiger partial charge in [-0.2, -0.15) is 0 Å². The monoisotopic (exact) mass is 246 g/mol. The van der Waals surface area contributed by atoms with Crippen molar-refractivity contribution < 1.29 is 19.5 Å². The molecule has 0 radical (unpaired) electrons. The summed E-state index contributed by atoms with van der Waals surface area (Å²) in [7, 11) is 1.54. The summed E-state index contributed by atoms with van der Waals surface area (Å²) in [4.78, 5) is 34.6. The van der Waals surface area contributed by atoms with Crippen LogP contribution in [0, 0.1) is 5.92 Å². The Balaban J connectivity index is 2.47. The van der Waals surface area contributed by atoms with Crippen LogP contribution in [0.1, 0.15) is 6.92 Å². The molecule has 0 aromatic rings. The van der Waals surface area contributed by atoms with Crippen molar-refractivity contribution in [2.24, 2.45) is 5.92 Å². The molecule has 6 nitrogen and oxygen atoms in total. The molecular weight excluding hydrogens is 232 g/mol. The Morgan fingerprint density at radius 1 is 1.69 bits per heavy atom. The second-order valence-corrected chi connectivity index (χ2v) is 4.75. The van der Waals surface area contributed by atoms with Gasteiger partial charge in [-0.25, -0.2) is 0 Å². The minimum absolute atomic E-state index is 0.144. The van der Waals surface area contributed by atoms with E-state index in [2.05, 4.69) is 5.32 Å². The Kier molecular flexibility index (Phi) is 4.17. The minimum Gasteiger partial charge on any atom is -0.481 e. The van der Waals surface area contributed by atoms with Crippen molar-refractivity contribution in [3.63, 3.8) is 0 Å². The van der Waals surface area contributed by atoms with Crippen LogP contribution in [0.3, 0.4) is 0 Å². The number of nitrogens with zero attached hydrogens (tertiary/aromatic N) is 1. The molecule has 1 fully saturated rings. The van der Waals surface area contributed by atoms with Gasteiger partial charge in [-0.1, -0.05) is 18.7 Å². The topological polar surface area (TPSA) is 86.7 Å². The lowest BCUT2D eigenvalue weighted by molar-refractivity contribution is -0.142. The van der Waals surface area contributed by atoms with Crippen LogP contribution in [0.25, 0.3) is 0 Å². The molecule has 1 saturated heterocycles. The maximum absolute atomic E-state index is 11.8. The van der Waals surface area contributed by atoms with Gasteiger partial charge >= 0.3 is 5.97 Å². The predicted molar refractivity (Wildman–Crippen MR) is 59.2 cm³/mol.